The van der Waals surface area contributed by atoms with Crippen molar-refractivity contribution in [2.24, 2.45) is 0 Å². The Kier molecular flexibility index (Phi) is 6.64. The zero-order valence-corrected chi connectivity index (χ0v) is 20.3. The molecule has 4 aromatic rings. The molecule has 1 aliphatic rings. The van der Waals surface area contributed by atoms with E-state index in [1.54, 1.807) is 17.7 Å². The van der Waals surface area contributed by atoms with E-state index >= 15 is 0 Å². The second-order valence-electron chi connectivity index (χ2n) is 8.98. The number of carbonyl (C=O) groups is 2. The van der Waals surface area contributed by atoms with E-state index in [0.29, 0.717) is 49.0 Å². The van der Waals surface area contributed by atoms with Gasteiger partial charge in [-0.1, -0.05) is 53.2 Å². The molecule has 1 aliphatic heterocycles. The predicted molar refractivity (Wildman–Crippen MR) is 136 cm³/mol. The summed E-state index contributed by atoms with van der Waals surface area (Å²) in [7, 11) is 0. The van der Waals surface area contributed by atoms with Crippen LogP contribution in [0.5, 0.6) is 0 Å². The summed E-state index contributed by atoms with van der Waals surface area (Å²) >= 11 is 0. The molecule has 184 valence electrons. The molecule has 1 N–H and O–H groups in total. The fourth-order valence-electron chi connectivity index (χ4n) is 4.26. The van der Waals surface area contributed by atoms with Crippen LogP contribution < -0.4 is 5.32 Å². The second kappa shape index (κ2) is 10.2. The van der Waals surface area contributed by atoms with Crippen LogP contribution in [0.4, 0.5) is 5.82 Å². The number of anilines is 1. The lowest BCUT2D eigenvalue weighted by Crippen LogP contribution is -2.50. The minimum Gasteiger partial charge on any atom is -0.360 e. The van der Waals surface area contributed by atoms with Crippen LogP contribution in [-0.2, 0) is 4.79 Å². The number of nitrogens with one attached hydrogen (secondary N) is 1. The summed E-state index contributed by atoms with van der Waals surface area (Å²) in [5.74, 6) is 0.826. The lowest BCUT2D eigenvalue weighted by Gasteiger charge is -2.34. The number of aryl methyl sites for hydroxylation is 2. The average molecular weight is 485 g/mol. The average Bonchev–Trinajstić information content (AvgIpc) is 3.51. The van der Waals surface area contributed by atoms with E-state index in [4.69, 9.17) is 9.62 Å². The second-order valence-corrected chi connectivity index (χ2v) is 8.98. The van der Waals surface area contributed by atoms with Crippen molar-refractivity contribution in [2.45, 2.75) is 13.8 Å². The summed E-state index contributed by atoms with van der Waals surface area (Å²) in [6.07, 6.45) is 1.81. The fraction of sp³-hybridized carbons (Fsp3) is 0.259. The normalized spacial score (nSPS) is 14.1. The standard InChI is InChI=1S/C27H28N6O3/c1-19-8-10-22(11-9-19)33-17-23(26(29-33)21-6-4-3-5-7-21)27(35)32-14-12-31(13-15-32)18-25(34)28-24-16-20(2)36-30-24/h3-11,16-17H,12-15,18H2,1-2H3,(H,28,30,34). The van der Waals surface area contributed by atoms with Crippen LogP contribution in [0, 0.1) is 13.8 Å². The van der Waals surface area contributed by atoms with Gasteiger partial charge in [0, 0.05) is 44.0 Å². The highest BCUT2D eigenvalue weighted by Gasteiger charge is 2.27. The Morgan fingerprint density at radius 2 is 1.69 bits per heavy atom. The summed E-state index contributed by atoms with van der Waals surface area (Å²) in [5, 5.41) is 11.3. The predicted octanol–water partition coefficient (Wildman–Crippen LogP) is 3.54. The molecule has 0 bridgehead atoms. The topological polar surface area (TPSA) is 96.5 Å². The number of amides is 2. The van der Waals surface area contributed by atoms with Gasteiger partial charge in [0.05, 0.1) is 17.8 Å². The van der Waals surface area contributed by atoms with Crippen molar-refractivity contribution in [3.05, 3.63) is 83.7 Å². The highest BCUT2D eigenvalue weighted by molar-refractivity contribution is 6.00. The van der Waals surface area contributed by atoms with Gasteiger partial charge in [0.2, 0.25) is 5.91 Å². The zero-order chi connectivity index (χ0) is 25.1. The summed E-state index contributed by atoms with van der Waals surface area (Å²) in [6, 6.07) is 19.5. The van der Waals surface area contributed by atoms with E-state index in [2.05, 4.69) is 10.5 Å². The van der Waals surface area contributed by atoms with Crippen LogP contribution in [0.25, 0.3) is 16.9 Å². The number of piperazine rings is 1. The molecule has 0 unspecified atom stereocenters. The highest BCUT2D eigenvalue weighted by Crippen LogP contribution is 2.25. The number of rotatable bonds is 6. The Labute approximate surface area is 209 Å². The Bertz CT molecular complexity index is 1350. The van der Waals surface area contributed by atoms with Crippen molar-refractivity contribution < 1.29 is 14.1 Å². The number of carbonyl (C=O) groups excluding carboxylic acids is 2. The Morgan fingerprint density at radius 1 is 0.972 bits per heavy atom. The molecule has 0 aliphatic carbocycles. The smallest absolute Gasteiger partial charge is 0.257 e. The van der Waals surface area contributed by atoms with Gasteiger partial charge < -0.3 is 14.7 Å². The molecule has 2 amide bonds. The maximum absolute atomic E-state index is 13.6. The largest absolute Gasteiger partial charge is 0.360 e. The first-order chi connectivity index (χ1) is 17.5. The molecule has 36 heavy (non-hydrogen) atoms. The molecular formula is C27H28N6O3. The van der Waals surface area contributed by atoms with Gasteiger partial charge in [-0.15, -0.1) is 0 Å². The lowest BCUT2D eigenvalue weighted by atomic mass is 10.1. The molecule has 9 nitrogen and oxygen atoms in total. The van der Waals surface area contributed by atoms with Crippen LogP contribution in [0.3, 0.4) is 0 Å². The van der Waals surface area contributed by atoms with Gasteiger partial charge in [0.15, 0.2) is 5.82 Å². The third-order valence-electron chi connectivity index (χ3n) is 6.21. The maximum atomic E-state index is 13.6. The first-order valence-corrected chi connectivity index (χ1v) is 11.9. The fourth-order valence-corrected chi connectivity index (χ4v) is 4.26. The summed E-state index contributed by atoms with van der Waals surface area (Å²) in [6.45, 7) is 6.29. The van der Waals surface area contributed by atoms with Gasteiger partial charge in [-0.05, 0) is 26.0 Å². The summed E-state index contributed by atoms with van der Waals surface area (Å²) in [5.41, 5.74) is 4.17. The van der Waals surface area contributed by atoms with Crippen molar-refractivity contribution in [1.82, 2.24) is 24.7 Å². The van der Waals surface area contributed by atoms with E-state index in [9.17, 15) is 9.59 Å². The van der Waals surface area contributed by atoms with Gasteiger partial charge in [-0.3, -0.25) is 14.5 Å². The number of benzene rings is 2. The molecule has 0 atom stereocenters. The monoisotopic (exact) mass is 484 g/mol. The number of nitrogens with zero attached hydrogens (tertiary/aromatic N) is 5. The SMILES string of the molecule is Cc1ccc(-n2cc(C(=O)N3CCN(CC(=O)Nc4cc(C)on4)CC3)c(-c3ccccc3)n2)cc1. The lowest BCUT2D eigenvalue weighted by molar-refractivity contribution is -0.117. The van der Waals surface area contributed by atoms with E-state index in [-0.39, 0.29) is 18.4 Å². The van der Waals surface area contributed by atoms with Crippen LogP contribution in [-0.4, -0.2) is 69.3 Å². The molecule has 0 saturated carbocycles. The number of hydrogen-bond acceptors (Lipinski definition) is 6. The minimum atomic E-state index is -0.159. The molecule has 5 rings (SSSR count). The van der Waals surface area contributed by atoms with E-state index < -0.39 is 0 Å². The van der Waals surface area contributed by atoms with Gasteiger partial charge in [0.1, 0.15) is 11.5 Å². The molecule has 1 saturated heterocycles. The van der Waals surface area contributed by atoms with Crippen molar-refractivity contribution >= 4 is 17.6 Å². The molecule has 3 heterocycles. The Morgan fingerprint density at radius 3 is 2.36 bits per heavy atom. The van der Waals surface area contributed by atoms with Gasteiger partial charge in [0.25, 0.3) is 5.91 Å². The number of aromatic nitrogens is 3. The zero-order valence-electron chi connectivity index (χ0n) is 20.3. The Hall–Kier alpha value is -4.24. The van der Waals surface area contributed by atoms with E-state index in [0.717, 1.165) is 16.8 Å². The quantitative estimate of drug-likeness (QED) is 0.450. The van der Waals surface area contributed by atoms with Gasteiger partial charge in [-0.2, -0.15) is 5.10 Å². The molecule has 2 aromatic carbocycles. The molecule has 2 aromatic heterocycles. The first-order valence-electron chi connectivity index (χ1n) is 11.9. The minimum absolute atomic E-state index is 0.0608. The van der Waals surface area contributed by atoms with Crippen molar-refractivity contribution in [3.63, 3.8) is 0 Å². The van der Waals surface area contributed by atoms with Crippen LogP contribution in [0.2, 0.25) is 0 Å². The molecular weight excluding hydrogens is 456 g/mol. The molecule has 9 heteroatoms. The maximum Gasteiger partial charge on any atom is 0.257 e. The Balaban J connectivity index is 1.29. The van der Waals surface area contributed by atoms with Crippen LogP contribution in [0.15, 0.2) is 71.4 Å². The van der Waals surface area contributed by atoms with E-state index in [1.807, 2.05) is 77.5 Å². The third-order valence-corrected chi connectivity index (χ3v) is 6.21. The van der Waals surface area contributed by atoms with Crippen LogP contribution in [0.1, 0.15) is 21.7 Å². The molecule has 1 fully saturated rings. The highest BCUT2D eigenvalue weighted by atomic mass is 16.5. The first kappa shape index (κ1) is 23.5. The van der Waals surface area contributed by atoms with Crippen molar-refractivity contribution in [3.8, 4) is 16.9 Å². The van der Waals surface area contributed by atoms with Crippen LogP contribution >= 0.6 is 0 Å². The van der Waals surface area contributed by atoms with Crippen molar-refractivity contribution in [2.75, 3.05) is 38.0 Å². The molecule has 0 radical (unpaired) electrons. The number of hydrogen-bond donors (Lipinski definition) is 1. The molecule has 0 spiro atoms. The van der Waals surface area contributed by atoms with E-state index in [1.165, 1.54) is 0 Å². The summed E-state index contributed by atoms with van der Waals surface area (Å²) < 4.78 is 6.75. The van der Waals surface area contributed by atoms with Gasteiger partial charge in [-0.25, -0.2) is 4.68 Å². The third kappa shape index (κ3) is 5.21. The van der Waals surface area contributed by atoms with Gasteiger partial charge >= 0.3 is 0 Å². The van der Waals surface area contributed by atoms with Crippen molar-refractivity contribution in [1.29, 1.82) is 0 Å². The summed E-state index contributed by atoms with van der Waals surface area (Å²) in [4.78, 5) is 29.8.